The van der Waals surface area contributed by atoms with Crippen molar-refractivity contribution in [3.8, 4) is 16.8 Å². The number of benzene rings is 3. The molecule has 3 aromatic carbocycles. The molecule has 0 amide bonds. The number of rotatable bonds is 2. The molecular formula is C21H15F3N2. The van der Waals surface area contributed by atoms with E-state index in [1.54, 1.807) is 29.8 Å². The predicted molar refractivity (Wildman–Crippen MR) is 96.2 cm³/mol. The van der Waals surface area contributed by atoms with Gasteiger partial charge in [0.15, 0.2) is 0 Å². The summed E-state index contributed by atoms with van der Waals surface area (Å²) in [6, 6.07) is 21.2. The molecule has 0 aliphatic heterocycles. The minimum Gasteiger partial charge on any atom is -0.233 e. The molecule has 0 spiro atoms. The summed E-state index contributed by atoms with van der Waals surface area (Å²) in [7, 11) is 0. The Morgan fingerprint density at radius 3 is 2.04 bits per heavy atom. The third-order valence-electron chi connectivity index (χ3n) is 4.37. The Morgan fingerprint density at radius 1 is 0.808 bits per heavy atom. The van der Waals surface area contributed by atoms with E-state index in [0.717, 1.165) is 11.3 Å². The van der Waals surface area contributed by atoms with Crippen LogP contribution >= 0.6 is 0 Å². The number of aryl methyl sites for hydroxylation is 1. The maximum atomic E-state index is 13.8. The molecule has 0 fully saturated rings. The van der Waals surface area contributed by atoms with Crippen molar-refractivity contribution in [3.05, 3.63) is 84.1 Å². The van der Waals surface area contributed by atoms with Crippen molar-refractivity contribution in [3.63, 3.8) is 0 Å². The first-order valence-electron chi connectivity index (χ1n) is 8.16. The largest absolute Gasteiger partial charge is 0.417 e. The van der Waals surface area contributed by atoms with Crippen molar-refractivity contribution in [1.82, 2.24) is 9.78 Å². The molecule has 0 N–H and O–H groups in total. The van der Waals surface area contributed by atoms with E-state index in [2.05, 4.69) is 5.10 Å². The standard InChI is InChI=1S/C21H15F3N2/c1-14-20-18(21(22,23)24)12-16(15-8-4-2-5-9-15)13-19(20)26(25-14)17-10-6-3-7-11-17/h2-13H,1H3. The zero-order valence-corrected chi connectivity index (χ0v) is 14.0. The minimum atomic E-state index is -4.46. The molecule has 1 heterocycles. The van der Waals surface area contributed by atoms with Gasteiger partial charge in [-0.3, -0.25) is 0 Å². The van der Waals surface area contributed by atoms with Crippen molar-refractivity contribution in [2.45, 2.75) is 13.1 Å². The van der Waals surface area contributed by atoms with E-state index in [0.29, 0.717) is 16.8 Å². The molecule has 0 unspecified atom stereocenters. The quantitative estimate of drug-likeness (QED) is 0.431. The molecule has 1 aromatic heterocycles. The van der Waals surface area contributed by atoms with Crippen LogP contribution in [0, 0.1) is 6.92 Å². The number of para-hydroxylation sites is 1. The van der Waals surface area contributed by atoms with E-state index in [1.807, 2.05) is 48.5 Å². The van der Waals surface area contributed by atoms with Crippen molar-refractivity contribution in [2.24, 2.45) is 0 Å². The number of hydrogen-bond donors (Lipinski definition) is 0. The Balaban J connectivity index is 2.08. The lowest BCUT2D eigenvalue weighted by molar-refractivity contribution is -0.136. The number of fused-ring (bicyclic) bond motifs is 1. The first-order chi connectivity index (χ1) is 12.4. The molecule has 0 saturated carbocycles. The van der Waals surface area contributed by atoms with Crippen molar-refractivity contribution in [1.29, 1.82) is 0 Å². The van der Waals surface area contributed by atoms with Gasteiger partial charge in [0.1, 0.15) is 0 Å². The first-order valence-corrected chi connectivity index (χ1v) is 8.16. The summed E-state index contributed by atoms with van der Waals surface area (Å²) >= 11 is 0. The van der Waals surface area contributed by atoms with Crippen LogP contribution in [-0.4, -0.2) is 9.78 Å². The Bertz CT molecular complexity index is 1070. The molecule has 5 heteroatoms. The topological polar surface area (TPSA) is 17.8 Å². The van der Waals surface area contributed by atoms with Crippen LogP contribution < -0.4 is 0 Å². The maximum absolute atomic E-state index is 13.8. The lowest BCUT2D eigenvalue weighted by Gasteiger charge is -2.12. The highest BCUT2D eigenvalue weighted by atomic mass is 19.4. The van der Waals surface area contributed by atoms with E-state index < -0.39 is 11.7 Å². The highest BCUT2D eigenvalue weighted by Gasteiger charge is 2.35. The molecular weight excluding hydrogens is 337 g/mol. The van der Waals surface area contributed by atoms with Gasteiger partial charge in [0, 0.05) is 5.39 Å². The lowest BCUT2D eigenvalue weighted by Crippen LogP contribution is -2.06. The molecule has 2 nitrogen and oxygen atoms in total. The van der Waals surface area contributed by atoms with Crippen LogP contribution in [0.5, 0.6) is 0 Å². The van der Waals surface area contributed by atoms with Gasteiger partial charge in [0.25, 0.3) is 0 Å². The molecule has 0 aliphatic rings. The average Bonchev–Trinajstić information content (AvgIpc) is 2.98. The van der Waals surface area contributed by atoms with E-state index >= 15 is 0 Å². The summed E-state index contributed by atoms with van der Waals surface area (Å²) in [6.45, 7) is 1.61. The van der Waals surface area contributed by atoms with Crippen LogP contribution in [0.15, 0.2) is 72.8 Å². The second-order valence-corrected chi connectivity index (χ2v) is 6.11. The second-order valence-electron chi connectivity index (χ2n) is 6.11. The molecule has 4 rings (SSSR count). The van der Waals surface area contributed by atoms with Gasteiger partial charge in [0.05, 0.1) is 22.5 Å². The highest BCUT2D eigenvalue weighted by Crippen LogP contribution is 2.40. The summed E-state index contributed by atoms with van der Waals surface area (Å²) in [4.78, 5) is 0. The fourth-order valence-corrected chi connectivity index (χ4v) is 3.21. The average molecular weight is 352 g/mol. The number of alkyl halides is 3. The summed E-state index contributed by atoms with van der Waals surface area (Å²) in [5.41, 5.74) is 2.12. The maximum Gasteiger partial charge on any atom is 0.417 e. The van der Waals surface area contributed by atoms with Gasteiger partial charge in [-0.05, 0) is 42.3 Å². The summed E-state index contributed by atoms with van der Waals surface area (Å²) < 4.78 is 42.9. The van der Waals surface area contributed by atoms with Gasteiger partial charge in [0.2, 0.25) is 0 Å². The van der Waals surface area contributed by atoms with Crippen molar-refractivity contribution in [2.75, 3.05) is 0 Å². The molecule has 130 valence electrons. The molecule has 0 aliphatic carbocycles. The van der Waals surface area contributed by atoms with Crippen LogP contribution in [0.2, 0.25) is 0 Å². The predicted octanol–water partition coefficient (Wildman–Crippen LogP) is 6.02. The summed E-state index contributed by atoms with van der Waals surface area (Å²) in [5.74, 6) is 0. The van der Waals surface area contributed by atoms with Crippen LogP contribution in [-0.2, 0) is 6.18 Å². The fourth-order valence-electron chi connectivity index (χ4n) is 3.21. The van der Waals surface area contributed by atoms with E-state index in [1.165, 1.54) is 6.07 Å². The smallest absolute Gasteiger partial charge is 0.233 e. The minimum absolute atomic E-state index is 0.140. The van der Waals surface area contributed by atoms with Gasteiger partial charge < -0.3 is 0 Å². The Morgan fingerprint density at radius 2 is 1.42 bits per heavy atom. The summed E-state index contributed by atoms with van der Waals surface area (Å²) in [5, 5.41) is 4.53. The monoisotopic (exact) mass is 352 g/mol. The Kier molecular flexibility index (Phi) is 3.80. The molecule has 0 saturated heterocycles. The second kappa shape index (κ2) is 6.02. The fraction of sp³-hybridized carbons (Fsp3) is 0.0952. The van der Waals surface area contributed by atoms with Crippen molar-refractivity contribution >= 4 is 10.9 Å². The van der Waals surface area contributed by atoms with Crippen LogP contribution in [0.1, 0.15) is 11.3 Å². The van der Waals surface area contributed by atoms with Gasteiger partial charge >= 0.3 is 6.18 Å². The first kappa shape index (κ1) is 16.4. The molecule has 0 atom stereocenters. The Hall–Kier alpha value is -3.08. The van der Waals surface area contributed by atoms with Gasteiger partial charge in [-0.1, -0.05) is 48.5 Å². The number of nitrogens with zero attached hydrogens (tertiary/aromatic N) is 2. The lowest BCUT2D eigenvalue weighted by atomic mass is 9.98. The van der Waals surface area contributed by atoms with Crippen molar-refractivity contribution < 1.29 is 13.2 Å². The van der Waals surface area contributed by atoms with Gasteiger partial charge in [-0.25, -0.2) is 4.68 Å². The third-order valence-corrected chi connectivity index (χ3v) is 4.37. The van der Waals surface area contributed by atoms with Gasteiger partial charge in [-0.15, -0.1) is 0 Å². The third kappa shape index (κ3) is 2.75. The molecule has 4 aromatic rings. The van der Waals surface area contributed by atoms with E-state index in [-0.39, 0.29) is 5.39 Å². The number of hydrogen-bond acceptors (Lipinski definition) is 1. The number of halogens is 3. The Labute approximate surface area is 148 Å². The zero-order chi connectivity index (χ0) is 18.3. The SMILES string of the molecule is Cc1nn(-c2ccccc2)c2cc(-c3ccccc3)cc(C(F)(F)F)c12. The van der Waals surface area contributed by atoms with Crippen LogP contribution in [0.25, 0.3) is 27.7 Å². The van der Waals surface area contributed by atoms with Crippen LogP contribution in [0.3, 0.4) is 0 Å². The van der Waals surface area contributed by atoms with E-state index in [9.17, 15) is 13.2 Å². The van der Waals surface area contributed by atoms with Crippen LogP contribution in [0.4, 0.5) is 13.2 Å². The van der Waals surface area contributed by atoms with Gasteiger partial charge in [-0.2, -0.15) is 18.3 Å². The molecule has 0 radical (unpaired) electrons. The molecule has 26 heavy (non-hydrogen) atoms. The highest BCUT2D eigenvalue weighted by molar-refractivity contribution is 5.91. The molecule has 0 bridgehead atoms. The summed E-state index contributed by atoms with van der Waals surface area (Å²) in [6.07, 6.45) is -4.46. The normalized spacial score (nSPS) is 11.8. The van der Waals surface area contributed by atoms with E-state index in [4.69, 9.17) is 0 Å². The zero-order valence-electron chi connectivity index (χ0n) is 14.0. The number of aromatic nitrogens is 2.